The van der Waals surface area contributed by atoms with Crippen LogP contribution in [0.3, 0.4) is 0 Å². The summed E-state index contributed by atoms with van der Waals surface area (Å²) in [6.07, 6.45) is 1.91. The van der Waals surface area contributed by atoms with Crippen molar-refractivity contribution in [3.63, 3.8) is 0 Å². The second-order valence-electron chi connectivity index (χ2n) is 11.7. The molecule has 9 rings (SSSR count). The van der Waals surface area contributed by atoms with E-state index in [1.807, 2.05) is 18.0 Å². The molecule has 0 bridgehead atoms. The van der Waals surface area contributed by atoms with E-state index in [9.17, 15) is 0 Å². The van der Waals surface area contributed by atoms with Crippen LogP contribution in [-0.4, -0.2) is 9.55 Å². The molecule has 0 amide bonds. The van der Waals surface area contributed by atoms with Crippen LogP contribution in [0.2, 0.25) is 0 Å². The second kappa shape index (κ2) is 8.60. The number of anilines is 3. The number of pyridine rings is 1. The summed E-state index contributed by atoms with van der Waals surface area (Å²) in [5.74, 6) is 0. The molecule has 0 radical (unpaired) electrons. The second-order valence-corrected chi connectivity index (χ2v) is 12.8. The van der Waals surface area contributed by atoms with Crippen molar-refractivity contribution < 1.29 is 0 Å². The van der Waals surface area contributed by atoms with Crippen molar-refractivity contribution in [2.45, 2.75) is 29.1 Å². The lowest BCUT2D eigenvalue weighted by atomic mass is 9.83. The van der Waals surface area contributed by atoms with Crippen LogP contribution in [0.4, 0.5) is 17.1 Å². The van der Waals surface area contributed by atoms with E-state index in [1.54, 1.807) is 0 Å². The van der Waals surface area contributed by atoms with Gasteiger partial charge in [-0.15, -0.1) is 0 Å². The van der Waals surface area contributed by atoms with Crippen molar-refractivity contribution in [2.75, 3.05) is 4.90 Å². The van der Waals surface area contributed by atoms with E-state index in [4.69, 9.17) is 4.98 Å². The first-order chi connectivity index (χ1) is 20.6. The zero-order valence-corrected chi connectivity index (χ0v) is 24.2. The smallest absolute Gasteiger partial charge is 0.0746 e. The van der Waals surface area contributed by atoms with E-state index < -0.39 is 0 Å². The number of hydrogen-bond acceptors (Lipinski definition) is 3. The highest BCUT2D eigenvalue weighted by Gasteiger charge is 2.36. The van der Waals surface area contributed by atoms with E-state index in [-0.39, 0.29) is 5.41 Å². The number of para-hydroxylation sites is 3. The van der Waals surface area contributed by atoms with Crippen molar-refractivity contribution in [1.29, 1.82) is 0 Å². The Bertz CT molecular complexity index is 2180. The topological polar surface area (TPSA) is 21.1 Å². The third kappa shape index (κ3) is 3.21. The van der Waals surface area contributed by atoms with Crippen LogP contribution in [0.25, 0.3) is 38.8 Å². The summed E-state index contributed by atoms with van der Waals surface area (Å²) in [5.41, 5.74) is 12.1. The lowest BCUT2D eigenvalue weighted by Gasteiger charge is -2.32. The van der Waals surface area contributed by atoms with Gasteiger partial charge in [-0.1, -0.05) is 80.2 Å². The van der Waals surface area contributed by atoms with Crippen LogP contribution >= 0.6 is 11.8 Å². The number of aromatic nitrogens is 2. The first kappa shape index (κ1) is 23.9. The van der Waals surface area contributed by atoms with Gasteiger partial charge in [-0.2, -0.15) is 0 Å². The fourth-order valence-corrected chi connectivity index (χ4v) is 8.10. The first-order valence-corrected chi connectivity index (χ1v) is 15.2. The molecule has 5 aromatic carbocycles. The molecule has 0 saturated carbocycles. The molecule has 3 nitrogen and oxygen atoms in total. The van der Waals surface area contributed by atoms with Gasteiger partial charge >= 0.3 is 0 Å². The van der Waals surface area contributed by atoms with Gasteiger partial charge in [0.25, 0.3) is 0 Å². The van der Waals surface area contributed by atoms with Crippen LogP contribution in [0, 0.1) is 0 Å². The first-order valence-electron chi connectivity index (χ1n) is 14.4. The Morgan fingerprint density at radius 3 is 2.10 bits per heavy atom. The molecule has 1 aliphatic heterocycles. The van der Waals surface area contributed by atoms with Crippen molar-refractivity contribution in [1.82, 2.24) is 9.55 Å². The van der Waals surface area contributed by atoms with Crippen LogP contribution in [0.15, 0.2) is 137 Å². The molecule has 0 fully saturated rings. The maximum atomic E-state index is 4.83. The summed E-state index contributed by atoms with van der Waals surface area (Å²) in [4.78, 5) is 9.78. The van der Waals surface area contributed by atoms with E-state index in [0.717, 1.165) is 11.4 Å². The zero-order valence-electron chi connectivity index (χ0n) is 23.4. The highest BCUT2D eigenvalue weighted by atomic mass is 32.2. The third-order valence-corrected chi connectivity index (χ3v) is 10.1. The van der Waals surface area contributed by atoms with Gasteiger partial charge in [0, 0.05) is 49.1 Å². The average Bonchev–Trinajstić information content (AvgIpc) is 3.48. The van der Waals surface area contributed by atoms with Gasteiger partial charge in [0.1, 0.15) is 0 Å². The minimum Gasteiger partial charge on any atom is -0.309 e. The van der Waals surface area contributed by atoms with Gasteiger partial charge in [0.15, 0.2) is 0 Å². The minimum absolute atomic E-state index is 0.0630. The molecule has 0 N–H and O–H groups in total. The highest BCUT2D eigenvalue weighted by molar-refractivity contribution is 7.99. The molecule has 1 aliphatic carbocycles. The molecule has 0 saturated heterocycles. The molecule has 7 aromatic rings. The van der Waals surface area contributed by atoms with Gasteiger partial charge in [-0.3, -0.25) is 4.98 Å². The summed E-state index contributed by atoms with van der Waals surface area (Å²) >= 11 is 1.84. The molecule has 0 unspecified atom stereocenters. The van der Waals surface area contributed by atoms with Crippen LogP contribution in [0.5, 0.6) is 0 Å². The van der Waals surface area contributed by atoms with E-state index >= 15 is 0 Å². The lowest BCUT2D eigenvalue weighted by Crippen LogP contribution is -2.15. The Hall–Kier alpha value is -4.80. The Kier molecular flexibility index (Phi) is 4.89. The third-order valence-electron chi connectivity index (χ3n) is 9.02. The monoisotopic (exact) mass is 557 g/mol. The van der Waals surface area contributed by atoms with Crippen molar-refractivity contribution in [2.24, 2.45) is 0 Å². The summed E-state index contributed by atoms with van der Waals surface area (Å²) in [6.45, 7) is 4.60. The quantitative estimate of drug-likeness (QED) is 0.211. The van der Waals surface area contributed by atoms with Crippen LogP contribution < -0.4 is 4.90 Å². The SMILES string of the molecule is CC1(C)c2ccc(-n3c4ccccc4c4cc(N5c6ccccc6Sc6ccccc65)ccc43)cc2-c2ncccc21. The normalized spacial score (nSPS) is 14.5. The van der Waals surface area contributed by atoms with Crippen molar-refractivity contribution in [3.8, 4) is 16.9 Å². The van der Waals surface area contributed by atoms with Crippen molar-refractivity contribution in [3.05, 3.63) is 139 Å². The van der Waals surface area contributed by atoms with Crippen LogP contribution in [0.1, 0.15) is 25.0 Å². The summed E-state index contributed by atoms with van der Waals surface area (Å²) in [6, 6.07) is 44.3. The zero-order chi connectivity index (χ0) is 28.0. The number of hydrogen-bond donors (Lipinski definition) is 0. The Labute approximate surface area is 249 Å². The van der Waals surface area contributed by atoms with Gasteiger partial charge in [0.05, 0.1) is 28.1 Å². The van der Waals surface area contributed by atoms with E-state index in [0.29, 0.717) is 0 Å². The predicted octanol–water partition coefficient (Wildman–Crippen LogP) is 10.4. The Morgan fingerprint density at radius 2 is 1.29 bits per heavy atom. The molecule has 0 spiro atoms. The number of nitrogens with zero attached hydrogens (tertiary/aromatic N) is 3. The Morgan fingerprint density at radius 1 is 0.595 bits per heavy atom. The number of fused-ring (bicyclic) bond motifs is 8. The molecular weight excluding hydrogens is 531 g/mol. The van der Waals surface area contributed by atoms with Crippen molar-refractivity contribution >= 4 is 50.6 Å². The molecular formula is C38H27N3S. The predicted molar refractivity (Wildman–Crippen MR) is 175 cm³/mol. The summed E-state index contributed by atoms with van der Waals surface area (Å²) in [7, 11) is 0. The average molecular weight is 558 g/mol. The Balaban J connectivity index is 1.27. The fourth-order valence-electron chi connectivity index (χ4n) is 7.04. The van der Waals surface area contributed by atoms with Gasteiger partial charge in [0.2, 0.25) is 0 Å². The van der Waals surface area contributed by atoms with E-state index in [1.165, 1.54) is 65.3 Å². The fraction of sp³-hybridized carbons (Fsp3) is 0.0789. The van der Waals surface area contributed by atoms with E-state index in [2.05, 4.69) is 145 Å². The molecule has 200 valence electrons. The summed E-state index contributed by atoms with van der Waals surface area (Å²) < 4.78 is 2.41. The maximum absolute atomic E-state index is 4.83. The van der Waals surface area contributed by atoms with Gasteiger partial charge < -0.3 is 9.47 Å². The van der Waals surface area contributed by atoms with Gasteiger partial charge in [-0.25, -0.2) is 0 Å². The molecule has 3 heterocycles. The summed E-state index contributed by atoms with van der Waals surface area (Å²) in [5, 5.41) is 2.50. The largest absolute Gasteiger partial charge is 0.309 e. The molecule has 4 heteroatoms. The molecule has 42 heavy (non-hydrogen) atoms. The minimum atomic E-state index is -0.0630. The highest BCUT2D eigenvalue weighted by Crippen LogP contribution is 2.52. The maximum Gasteiger partial charge on any atom is 0.0746 e. The number of rotatable bonds is 2. The molecule has 2 aliphatic rings. The molecule has 0 atom stereocenters. The standard InChI is InChI=1S/C38H27N3S/c1-38(2)29-19-17-24(23-28(29)37-30(38)11-9-21-39-37)40-31-12-4-3-10-26(31)27-22-25(18-20-32(27)40)41-33-13-5-7-15-35(33)42-36-16-8-6-14-34(36)41/h3-23H,1-2H3. The lowest BCUT2D eigenvalue weighted by molar-refractivity contribution is 0.659. The molecule has 2 aromatic heterocycles. The van der Waals surface area contributed by atoms with Gasteiger partial charge in [-0.05, 0) is 77.9 Å². The van der Waals surface area contributed by atoms with Crippen LogP contribution in [-0.2, 0) is 5.41 Å². The number of benzene rings is 5.